The Hall–Kier alpha value is -2.69. The second-order valence-electron chi connectivity index (χ2n) is 4.10. The standard InChI is InChI=1S/C15H14N2O3/c1-20-15(19)10-11-4-2-3-5-14(11)17-16-12-6-8-13(18)9-7-12/h2-9,18H,10H2,1H3/b17-16+. The number of hydrogen-bond donors (Lipinski definition) is 1. The zero-order chi connectivity index (χ0) is 14.4. The van der Waals surface area contributed by atoms with Crippen LogP contribution in [-0.2, 0) is 16.0 Å². The van der Waals surface area contributed by atoms with Gasteiger partial charge in [0.15, 0.2) is 0 Å². The van der Waals surface area contributed by atoms with Gasteiger partial charge in [-0.1, -0.05) is 18.2 Å². The molecular weight excluding hydrogens is 256 g/mol. The molecule has 2 rings (SSSR count). The molecule has 0 heterocycles. The lowest BCUT2D eigenvalue weighted by Gasteiger charge is -2.03. The summed E-state index contributed by atoms with van der Waals surface area (Å²) in [5.74, 6) is -0.146. The summed E-state index contributed by atoms with van der Waals surface area (Å²) in [5, 5.41) is 17.4. The van der Waals surface area contributed by atoms with Gasteiger partial charge in [-0.25, -0.2) is 0 Å². The number of esters is 1. The summed E-state index contributed by atoms with van der Waals surface area (Å²) in [6, 6.07) is 13.6. The minimum atomic E-state index is -0.322. The van der Waals surface area contributed by atoms with Gasteiger partial charge in [-0.3, -0.25) is 4.79 Å². The normalized spacial score (nSPS) is 10.7. The summed E-state index contributed by atoms with van der Waals surface area (Å²) < 4.78 is 4.65. The van der Waals surface area contributed by atoms with Crippen LogP contribution in [0.5, 0.6) is 5.75 Å². The van der Waals surface area contributed by atoms with E-state index in [9.17, 15) is 9.90 Å². The molecule has 2 aromatic carbocycles. The third-order valence-corrected chi connectivity index (χ3v) is 2.68. The molecule has 2 aromatic rings. The van der Waals surface area contributed by atoms with Crippen LogP contribution >= 0.6 is 0 Å². The molecule has 0 radical (unpaired) electrons. The summed E-state index contributed by atoms with van der Waals surface area (Å²) in [5.41, 5.74) is 1.99. The van der Waals surface area contributed by atoms with Crippen LogP contribution in [0.3, 0.4) is 0 Å². The van der Waals surface area contributed by atoms with E-state index < -0.39 is 0 Å². The first-order valence-electron chi connectivity index (χ1n) is 6.04. The Morgan fingerprint density at radius 3 is 2.50 bits per heavy atom. The SMILES string of the molecule is COC(=O)Cc1ccccc1/N=N/c1ccc(O)cc1. The summed E-state index contributed by atoms with van der Waals surface area (Å²) in [4.78, 5) is 11.3. The highest BCUT2D eigenvalue weighted by molar-refractivity contribution is 5.74. The van der Waals surface area contributed by atoms with E-state index >= 15 is 0 Å². The van der Waals surface area contributed by atoms with Crippen molar-refractivity contribution in [3.63, 3.8) is 0 Å². The molecule has 0 bridgehead atoms. The lowest BCUT2D eigenvalue weighted by molar-refractivity contribution is -0.139. The Morgan fingerprint density at radius 2 is 1.80 bits per heavy atom. The van der Waals surface area contributed by atoms with Crippen LogP contribution in [0.15, 0.2) is 58.8 Å². The van der Waals surface area contributed by atoms with Crippen LogP contribution in [0.25, 0.3) is 0 Å². The fraction of sp³-hybridized carbons (Fsp3) is 0.133. The van der Waals surface area contributed by atoms with Crippen LogP contribution in [0, 0.1) is 0 Å². The van der Waals surface area contributed by atoms with Crippen LogP contribution in [0.1, 0.15) is 5.56 Å². The summed E-state index contributed by atoms with van der Waals surface area (Å²) in [6.07, 6.45) is 0.154. The molecule has 0 unspecified atom stereocenters. The van der Waals surface area contributed by atoms with E-state index in [4.69, 9.17) is 0 Å². The molecule has 102 valence electrons. The maximum Gasteiger partial charge on any atom is 0.310 e. The van der Waals surface area contributed by atoms with Crippen molar-refractivity contribution in [2.24, 2.45) is 10.2 Å². The highest BCUT2D eigenvalue weighted by Gasteiger charge is 2.07. The topological polar surface area (TPSA) is 71.2 Å². The van der Waals surface area contributed by atoms with Crippen LogP contribution in [0.2, 0.25) is 0 Å². The number of carbonyl (C=O) groups excluding carboxylic acids is 1. The second-order valence-corrected chi connectivity index (χ2v) is 4.10. The van der Waals surface area contributed by atoms with Crippen LogP contribution in [0.4, 0.5) is 11.4 Å². The van der Waals surface area contributed by atoms with E-state index in [0.717, 1.165) is 5.56 Å². The van der Waals surface area contributed by atoms with E-state index in [1.165, 1.54) is 19.2 Å². The predicted molar refractivity (Wildman–Crippen MR) is 74.4 cm³/mol. The first-order chi connectivity index (χ1) is 9.69. The molecule has 0 aliphatic heterocycles. The van der Waals surface area contributed by atoms with Crippen molar-refractivity contribution < 1.29 is 14.6 Å². The van der Waals surface area contributed by atoms with E-state index in [1.54, 1.807) is 18.2 Å². The number of hydrogen-bond acceptors (Lipinski definition) is 5. The molecule has 0 fully saturated rings. The smallest absolute Gasteiger partial charge is 0.310 e. The van der Waals surface area contributed by atoms with Crippen molar-refractivity contribution in [3.8, 4) is 5.75 Å². The molecule has 0 atom stereocenters. The van der Waals surface area contributed by atoms with Gasteiger partial charge in [0.1, 0.15) is 5.75 Å². The molecular formula is C15H14N2O3. The number of azo groups is 1. The van der Waals surface area contributed by atoms with Gasteiger partial charge in [0, 0.05) is 0 Å². The molecule has 0 amide bonds. The second kappa shape index (κ2) is 6.47. The zero-order valence-electron chi connectivity index (χ0n) is 11.0. The summed E-state index contributed by atoms with van der Waals surface area (Å²) in [7, 11) is 1.35. The lowest BCUT2D eigenvalue weighted by atomic mass is 10.1. The average Bonchev–Trinajstić information content (AvgIpc) is 2.48. The fourth-order valence-corrected chi connectivity index (χ4v) is 1.62. The van der Waals surface area contributed by atoms with Crippen LogP contribution in [-0.4, -0.2) is 18.2 Å². The predicted octanol–water partition coefficient (Wildman–Crippen LogP) is 3.52. The molecule has 0 saturated heterocycles. The van der Waals surface area contributed by atoms with Gasteiger partial charge in [0.05, 0.1) is 24.9 Å². The number of methoxy groups -OCH3 is 1. The quantitative estimate of drug-likeness (QED) is 0.682. The average molecular weight is 270 g/mol. The molecule has 20 heavy (non-hydrogen) atoms. The number of carbonyl (C=O) groups is 1. The molecule has 0 aliphatic carbocycles. The Labute approximate surface area is 116 Å². The Morgan fingerprint density at radius 1 is 1.10 bits per heavy atom. The van der Waals surface area contributed by atoms with Crippen LogP contribution < -0.4 is 0 Å². The fourth-order valence-electron chi connectivity index (χ4n) is 1.62. The summed E-state index contributed by atoms with van der Waals surface area (Å²) >= 11 is 0. The highest BCUT2D eigenvalue weighted by atomic mass is 16.5. The highest BCUT2D eigenvalue weighted by Crippen LogP contribution is 2.23. The van der Waals surface area contributed by atoms with Gasteiger partial charge >= 0.3 is 5.97 Å². The third kappa shape index (κ3) is 3.65. The van der Waals surface area contributed by atoms with Crippen molar-refractivity contribution in [2.75, 3.05) is 7.11 Å². The van der Waals surface area contributed by atoms with Crippen molar-refractivity contribution in [1.82, 2.24) is 0 Å². The number of phenolic OH excluding ortho intramolecular Hbond substituents is 1. The largest absolute Gasteiger partial charge is 0.508 e. The number of ether oxygens (including phenoxy) is 1. The molecule has 0 aliphatic rings. The summed E-state index contributed by atoms with van der Waals surface area (Å²) in [6.45, 7) is 0. The van der Waals surface area contributed by atoms with E-state index in [0.29, 0.717) is 11.4 Å². The first-order valence-corrected chi connectivity index (χ1v) is 6.04. The number of phenols is 1. The van der Waals surface area contributed by atoms with Crippen molar-refractivity contribution >= 4 is 17.3 Å². The van der Waals surface area contributed by atoms with Gasteiger partial charge in [0.25, 0.3) is 0 Å². The first kappa shape index (κ1) is 13.7. The lowest BCUT2D eigenvalue weighted by Crippen LogP contribution is -2.04. The van der Waals surface area contributed by atoms with Gasteiger partial charge in [-0.15, -0.1) is 0 Å². The van der Waals surface area contributed by atoms with E-state index in [2.05, 4.69) is 15.0 Å². The number of benzene rings is 2. The minimum absolute atomic E-state index is 0.154. The van der Waals surface area contributed by atoms with E-state index in [-0.39, 0.29) is 18.1 Å². The molecule has 1 N–H and O–H groups in total. The third-order valence-electron chi connectivity index (χ3n) is 2.68. The molecule has 5 heteroatoms. The molecule has 5 nitrogen and oxygen atoms in total. The maximum absolute atomic E-state index is 11.3. The van der Waals surface area contributed by atoms with E-state index in [1.807, 2.05) is 18.2 Å². The number of rotatable bonds is 4. The molecule has 0 aromatic heterocycles. The van der Waals surface area contributed by atoms with Gasteiger partial charge in [-0.05, 0) is 35.9 Å². The van der Waals surface area contributed by atoms with Crippen molar-refractivity contribution in [2.45, 2.75) is 6.42 Å². The van der Waals surface area contributed by atoms with Gasteiger partial charge < -0.3 is 9.84 Å². The molecule has 0 spiro atoms. The number of aromatic hydroxyl groups is 1. The minimum Gasteiger partial charge on any atom is -0.508 e. The Balaban J connectivity index is 2.20. The monoisotopic (exact) mass is 270 g/mol. The Bertz CT molecular complexity index is 621. The number of nitrogens with zero attached hydrogens (tertiary/aromatic N) is 2. The molecule has 0 saturated carbocycles. The van der Waals surface area contributed by atoms with Gasteiger partial charge in [0.2, 0.25) is 0 Å². The van der Waals surface area contributed by atoms with Gasteiger partial charge in [-0.2, -0.15) is 10.2 Å². The zero-order valence-corrected chi connectivity index (χ0v) is 11.0. The van der Waals surface area contributed by atoms with Crippen molar-refractivity contribution in [1.29, 1.82) is 0 Å². The van der Waals surface area contributed by atoms with Crippen molar-refractivity contribution in [3.05, 3.63) is 54.1 Å². The maximum atomic E-state index is 11.3. The Kier molecular flexibility index (Phi) is 4.44.